The first kappa shape index (κ1) is 15.4. The van der Waals surface area contributed by atoms with Crippen molar-refractivity contribution in [3.8, 4) is 11.5 Å². The number of hydrogen-bond donors (Lipinski definition) is 3. The molecule has 0 aromatic heterocycles. The van der Waals surface area contributed by atoms with Crippen molar-refractivity contribution in [3.05, 3.63) is 54.1 Å². The Labute approximate surface area is 127 Å². The number of carbonyl (C=O) groups is 2. The van der Waals surface area contributed by atoms with Crippen molar-refractivity contribution < 1.29 is 24.5 Å². The van der Waals surface area contributed by atoms with Crippen LogP contribution in [0.3, 0.4) is 0 Å². The molecule has 114 valence electrons. The van der Waals surface area contributed by atoms with Crippen molar-refractivity contribution in [1.29, 1.82) is 0 Å². The SMILES string of the molecule is O=C(CCOc1ccccc1)Nc1cc(C(=O)O)ccc1O. The zero-order valence-corrected chi connectivity index (χ0v) is 11.7. The minimum Gasteiger partial charge on any atom is -0.506 e. The van der Waals surface area contributed by atoms with Crippen LogP contribution in [0.15, 0.2) is 48.5 Å². The van der Waals surface area contributed by atoms with E-state index < -0.39 is 5.97 Å². The standard InChI is InChI=1S/C16H15NO5/c18-14-7-6-11(16(20)21)10-13(14)17-15(19)8-9-22-12-4-2-1-3-5-12/h1-7,10,18H,8-9H2,(H,17,19)(H,20,21). The Bertz CT molecular complexity index is 669. The molecule has 22 heavy (non-hydrogen) atoms. The molecule has 0 radical (unpaired) electrons. The zero-order chi connectivity index (χ0) is 15.9. The summed E-state index contributed by atoms with van der Waals surface area (Å²) >= 11 is 0. The number of hydrogen-bond acceptors (Lipinski definition) is 4. The summed E-state index contributed by atoms with van der Waals surface area (Å²) in [5.41, 5.74) is 0.0400. The van der Waals surface area contributed by atoms with E-state index >= 15 is 0 Å². The van der Waals surface area contributed by atoms with E-state index in [9.17, 15) is 14.7 Å². The van der Waals surface area contributed by atoms with Crippen molar-refractivity contribution in [3.63, 3.8) is 0 Å². The lowest BCUT2D eigenvalue weighted by Crippen LogP contribution is -2.15. The summed E-state index contributed by atoms with van der Waals surface area (Å²) in [5.74, 6) is -1.05. The molecular formula is C16H15NO5. The van der Waals surface area contributed by atoms with Gasteiger partial charge in [0.25, 0.3) is 0 Å². The molecule has 0 aliphatic carbocycles. The van der Waals surface area contributed by atoms with Crippen LogP contribution in [0.4, 0.5) is 5.69 Å². The van der Waals surface area contributed by atoms with E-state index in [1.165, 1.54) is 18.2 Å². The number of phenolic OH excluding ortho intramolecular Hbond substituents is 1. The Morgan fingerprint density at radius 3 is 2.50 bits per heavy atom. The van der Waals surface area contributed by atoms with Crippen LogP contribution >= 0.6 is 0 Å². The highest BCUT2D eigenvalue weighted by Crippen LogP contribution is 2.24. The highest BCUT2D eigenvalue weighted by atomic mass is 16.5. The molecule has 2 rings (SSSR count). The lowest BCUT2D eigenvalue weighted by atomic mass is 10.2. The minimum absolute atomic E-state index is 0.0198. The Morgan fingerprint density at radius 2 is 1.82 bits per heavy atom. The Morgan fingerprint density at radius 1 is 1.09 bits per heavy atom. The molecule has 0 atom stereocenters. The molecule has 2 aromatic carbocycles. The number of phenols is 1. The lowest BCUT2D eigenvalue weighted by molar-refractivity contribution is -0.116. The van der Waals surface area contributed by atoms with E-state index in [1.54, 1.807) is 12.1 Å². The van der Waals surface area contributed by atoms with Gasteiger partial charge in [-0.3, -0.25) is 4.79 Å². The molecule has 6 heteroatoms. The van der Waals surface area contributed by atoms with Crippen LogP contribution in [0.5, 0.6) is 11.5 Å². The maximum absolute atomic E-state index is 11.8. The second-order valence-electron chi connectivity index (χ2n) is 4.50. The summed E-state index contributed by atoms with van der Waals surface area (Å²) in [6.07, 6.45) is 0.0750. The molecule has 0 heterocycles. The van der Waals surface area contributed by atoms with Gasteiger partial charge in [0.2, 0.25) is 5.91 Å². The molecule has 2 aromatic rings. The van der Waals surface area contributed by atoms with E-state index in [0.29, 0.717) is 5.75 Å². The van der Waals surface area contributed by atoms with Gasteiger partial charge in [-0.2, -0.15) is 0 Å². The number of anilines is 1. The van der Waals surface area contributed by atoms with Crippen molar-refractivity contribution in [2.24, 2.45) is 0 Å². The van der Waals surface area contributed by atoms with Crippen LogP contribution in [-0.4, -0.2) is 28.7 Å². The van der Waals surface area contributed by atoms with Crippen LogP contribution in [-0.2, 0) is 4.79 Å². The van der Waals surface area contributed by atoms with E-state index in [0.717, 1.165) is 0 Å². The van der Waals surface area contributed by atoms with Crippen LogP contribution in [0.2, 0.25) is 0 Å². The highest BCUT2D eigenvalue weighted by molar-refractivity contribution is 5.95. The predicted octanol–water partition coefficient (Wildman–Crippen LogP) is 2.50. The number of carboxylic acids is 1. The molecule has 6 nitrogen and oxygen atoms in total. The monoisotopic (exact) mass is 301 g/mol. The smallest absolute Gasteiger partial charge is 0.335 e. The number of carbonyl (C=O) groups excluding carboxylic acids is 1. The van der Waals surface area contributed by atoms with Gasteiger partial charge in [-0.15, -0.1) is 0 Å². The number of para-hydroxylation sites is 1. The van der Waals surface area contributed by atoms with Gasteiger partial charge in [0.1, 0.15) is 11.5 Å². The fourth-order valence-electron chi connectivity index (χ4n) is 1.76. The third-order valence-corrected chi connectivity index (χ3v) is 2.86. The summed E-state index contributed by atoms with van der Waals surface area (Å²) in [4.78, 5) is 22.7. The van der Waals surface area contributed by atoms with Crippen LogP contribution in [0.1, 0.15) is 16.8 Å². The van der Waals surface area contributed by atoms with Gasteiger partial charge in [0.15, 0.2) is 0 Å². The number of carboxylic acid groups (broad SMARTS) is 1. The number of nitrogens with one attached hydrogen (secondary N) is 1. The molecule has 3 N–H and O–H groups in total. The normalized spacial score (nSPS) is 10.0. The molecule has 0 bridgehead atoms. The minimum atomic E-state index is -1.14. The van der Waals surface area contributed by atoms with E-state index in [2.05, 4.69) is 5.32 Å². The van der Waals surface area contributed by atoms with Gasteiger partial charge in [-0.05, 0) is 30.3 Å². The van der Waals surface area contributed by atoms with E-state index in [-0.39, 0.29) is 35.9 Å². The second-order valence-corrected chi connectivity index (χ2v) is 4.50. The van der Waals surface area contributed by atoms with Gasteiger partial charge in [-0.25, -0.2) is 4.79 Å². The van der Waals surface area contributed by atoms with Gasteiger partial charge in [-0.1, -0.05) is 18.2 Å². The molecule has 1 amide bonds. The van der Waals surface area contributed by atoms with Crippen LogP contribution in [0, 0.1) is 0 Å². The van der Waals surface area contributed by atoms with Gasteiger partial charge >= 0.3 is 5.97 Å². The van der Waals surface area contributed by atoms with Gasteiger partial charge in [0.05, 0.1) is 24.3 Å². The molecule has 0 spiro atoms. The molecular weight excluding hydrogens is 286 g/mol. The zero-order valence-electron chi connectivity index (χ0n) is 11.7. The number of aromatic hydroxyl groups is 1. The largest absolute Gasteiger partial charge is 0.506 e. The number of amides is 1. The summed E-state index contributed by atoms with van der Waals surface area (Å²) in [5, 5.41) is 21.0. The average molecular weight is 301 g/mol. The first-order valence-corrected chi connectivity index (χ1v) is 6.60. The van der Waals surface area contributed by atoms with Crippen molar-refractivity contribution in [1.82, 2.24) is 0 Å². The predicted molar refractivity (Wildman–Crippen MR) is 80.2 cm³/mol. The molecule has 0 aliphatic rings. The fourth-order valence-corrected chi connectivity index (χ4v) is 1.76. The molecule has 0 unspecified atom stereocenters. The maximum atomic E-state index is 11.8. The third kappa shape index (κ3) is 4.24. The van der Waals surface area contributed by atoms with Gasteiger partial charge < -0.3 is 20.3 Å². The molecule has 0 aliphatic heterocycles. The maximum Gasteiger partial charge on any atom is 0.335 e. The first-order valence-electron chi connectivity index (χ1n) is 6.60. The van der Waals surface area contributed by atoms with Crippen LogP contribution in [0.25, 0.3) is 0 Å². The van der Waals surface area contributed by atoms with Crippen molar-refractivity contribution in [2.75, 3.05) is 11.9 Å². The number of aromatic carboxylic acids is 1. The summed E-state index contributed by atoms with van der Waals surface area (Å²) in [6.45, 7) is 0.176. The molecule has 0 saturated carbocycles. The van der Waals surface area contributed by atoms with Crippen LogP contribution < -0.4 is 10.1 Å². The van der Waals surface area contributed by atoms with Crippen molar-refractivity contribution in [2.45, 2.75) is 6.42 Å². The Hall–Kier alpha value is -3.02. The summed E-state index contributed by atoms with van der Waals surface area (Å²) in [6, 6.07) is 12.7. The Kier molecular flexibility index (Phi) is 4.98. The first-order chi connectivity index (χ1) is 10.6. The molecule has 0 saturated heterocycles. The summed E-state index contributed by atoms with van der Waals surface area (Å²) < 4.78 is 5.39. The third-order valence-electron chi connectivity index (χ3n) is 2.86. The number of benzene rings is 2. The average Bonchev–Trinajstić information content (AvgIpc) is 2.50. The van der Waals surface area contributed by atoms with Crippen molar-refractivity contribution >= 4 is 17.6 Å². The summed E-state index contributed by atoms with van der Waals surface area (Å²) in [7, 11) is 0. The fraction of sp³-hybridized carbons (Fsp3) is 0.125. The quantitative estimate of drug-likeness (QED) is 0.712. The second kappa shape index (κ2) is 7.12. The number of ether oxygens (including phenoxy) is 1. The van der Waals surface area contributed by atoms with Gasteiger partial charge in [0, 0.05) is 0 Å². The highest BCUT2D eigenvalue weighted by Gasteiger charge is 2.10. The Balaban J connectivity index is 1.89. The van der Waals surface area contributed by atoms with E-state index in [1.807, 2.05) is 18.2 Å². The number of rotatable bonds is 6. The topological polar surface area (TPSA) is 95.9 Å². The molecule has 0 fully saturated rings. The lowest BCUT2D eigenvalue weighted by Gasteiger charge is -2.09. The van der Waals surface area contributed by atoms with E-state index in [4.69, 9.17) is 9.84 Å².